The Hall–Kier alpha value is -1.60. The molecule has 1 saturated heterocycles. The molecule has 0 saturated carbocycles. The number of hydrogen-bond acceptors (Lipinski definition) is 4. The third-order valence-electron chi connectivity index (χ3n) is 4.85. The van der Waals surface area contributed by atoms with Crippen molar-refractivity contribution in [1.82, 2.24) is 20.0 Å². The van der Waals surface area contributed by atoms with Gasteiger partial charge in [-0.05, 0) is 43.8 Å². The smallest absolute Gasteiger partial charge is 0.243 e. The highest BCUT2D eigenvalue weighted by Gasteiger charge is 2.25. The fourth-order valence-electron chi connectivity index (χ4n) is 3.27. The number of nitrogens with zero attached hydrogens (tertiary/aromatic N) is 4. The van der Waals surface area contributed by atoms with E-state index in [0.29, 0.717) is 6.04 Å². The van der Waals surface area contributed by atoms with E-state index in [1.54, 1.807) is 30.3 Å². The summed E-state index contributed by atoms with van der Waals surface area (Å²) in [6.07, 6.45) is 3.47. The first kappa shape index (κ1) is 20.7. The van der Waals surface area contributed by atoms with Crippen molar-refractivity contribution >= 4 is 23.2 Å². The average molecular weight is 380 g/mol. The number of carbonyl (C=O) groups is 1. The molecule has 1 unspecified atom stereocenters. The summed E-state index contributed by atoms with van der Waals surface area (Å²) in [5, 5.41) is 5.56. The number of carbonyl (C=O) groups excluding carboxylic acids is 1. The highest BCUT2D eigenvalue weighted by atomic mass is 32.1. The summed E-state index contributed by atoms with van der Waals surface area (Å²) < 4.78 is 0. The van der Waals surface area contributed by atoms with Gasteiger partial charge in [-0.25, -0.2) is 4.99 Å². The van der Waals surface area contributed by atoms with E-state index in [0.717, 1.165) is 32.0 Å². The van der Waals surface area contributed by atoms with E-state index in [4.69, 9.17) is 0 Å². The van der Waals surface area contributed by atoms with Gasteiger partial charge in [-0.2, -0.15) is 0 Å². The Morgan fingerprint density at radius 3 is 2.88 bits per heavy atom. The number of nitrogens with one attached hydrogen (secondary N) is 1. The van der Waals surface area contributed by atoms with Gasteiger partial charge in [0.15, 0.2) is 5.96 Å². The fraction of sp³-hybridized carbons (Fsp3) is 0.684. The van der Waals surface area contributed by atoms with Crippen LogP contribution in [0.2, 0.25) is 0 Å². The van der Waals surface area contributed by atoms with Crippen molar-refractivity contribution in [2.24, 2.45) is 4.99 Å². The molecule has 0 spiro atoms. The van der Waals surface area contributed by atoms with E-state index in [1.807, 2.05) is 0 Å². The molecule has 0 radical (unpaired) electrons. The zero-order valence-corrected chi connectivity index (χ0v) is 17.4. The van der Waals surface area contributed by atoms with Crippen LogP contribution in [0.4, 0.5) is 0 Å². The Morgan fingerprint density at radius 2 is 2.23 bits per heavy atom. The summed E-state index contributed by atoms with van der Waals surface area (Å²) in [5.74, 6) is 0.840. The van der Waals surface area contributed by atoms with Crippen LogP contribution in [0.3, 0.4) is 0 Å². The van der Waals surface area contributed by atoms with Crippen molar-refractivity contribution in [3.63, 3.8) is 0 Å². The molecule has 1 aliphatic heterocycles. The van der Waals surface area contributed by atoms with E-state index < -0.39 is 0 Å². The molecule has 1 fully saturated rings. The van der Waals surface area contributed by atoms with Crippen molar-refractivity contribution in [3.05, 3.63) is 22.4 Å². The van der Waals surface area contributed by atoms with Crippen LogP contribution in [-0.4, -0.2) is 86.5 Å². The van der Waals surface area contributed by atoms with Crippen molar-refractivity contribution in [2.75, 3.05) is 53.9 Å². The van der Waals surface area contributed by atoms with Gasteiger partial charge < -0.3 is 15.1 Å². The molecule has 1 aliphatic rings. The second-order valence-electron chi connectivity index (χ2n) is 6.99. The van der Waals surface area contributed by atoms with Crippen molar-refractivity contribution in [1.29, 1.82) is 0 Å². The van der Waals surface area contributed by atoms with Crippen molar-refractivity contribution in [2.45, 2.75) is 32.2 Å². The molecular formula is C19H33N5OS. The number of aliphatic imine (C=N–C) groups is 1. The van der Waals surface area contributed by atoms with Crippen molar-refractivity contribution in [3.8, 4) is 0 Å². The van der Waals surface area contributed by atoms with Gasteiger partial charge in [0, 0.05) is 45.2 Å². The van der Waals surface area contributed by atoms with Crippen LogP contribution in [0, 0.1) is 0 Å². The maximum atomic E-state index is 11.9. The summed E-state index contributed by atoms with van der Waals surface area (Å²) >= 11 is 1.77. The summed E-state index contributed by atoms with van der Waals surface area (Å²) in [7, 11) is 5.61. The van der Waals surface area contributed by atoms with Gasteiger partial charge in [-0.1, -0.05) is 13.0 Å². The van der Waals surface area contributed by atoms with Gasteiger partial charge in [0.2, 0.25) is 5.91 Å². The van der Waals surface area contributed by atoms with Crippen LogP contribution in [0.25, 0.3) is 0 Å². The van der Waals surface area contributed by atoms with E-state index >= 15 is 0 Å². The number of hydrogen-bond donors (Lipinski definition) is 1. The predicted molar refractivity (Wildman–Crippen MR) is 110 cm³/mol. The summed E-state index contributed by atoms with van der Waals surface area (Å²) in [6.45, 7) is 6.45. The van der Waals surface area contributed by atoms with Crippen molar-refractivity contribution < 1.29 is 4.79 Å². The van der Waals surface area contributed by atoms with Gasteiger partial charge in [0.05, 0.1) is 0 Å². The molecule has 1 aromatic heterocycles. The summed E-state index contributed by atoms with van der Waals surface area (Å²) in [4.78, 5) is 24.2. The first-order valence-corrected chi connectivity index (χ1v) is 10.3. The highest BCUT2D eigenvalue weighted by molar-refractivity contribution is 7.09. The van der Waals surface area contributed by atoms with E-state index in [-0.39, 0.29) is 12.5 Å². The highest BCUT2D eigenvalue weighted by Crippen LogP contribution is 2.17. The number of guanidine groups is 1. The third-order valence-corrected chi connectivity index (χ3v) is 5.79. The van der Waals surface area contributed by atoms with Gasteiger partial charge in [-0.3, -0.25) is 9.69 Å². The lowest BCUT2D eigenvalue weighted by molar-refractivity contribution is -0.127. The SMILES string of the molecule is CCN1CCCC1CN(C)C(=NCC(=O)N(C)C)NCCc1cccs1. The largest absolute Gasteiger partial charge is 0.356 e. The molecule has 1 aromatic rings. The lowest BCUT2D eigenvalue weighted by atomic mass is 10.2. The molecule has 26 heavy (non-hydrogen) atoms. The Kier molecular flexibility index (Phi) is 8.38. The Balaban J connectivity index is 1.95. The van der Waals surface area contributed by atoms with Crippen LogP contribution in [-0.2, 0) is 11.2 Å². The Labute approximate surface area is 161 Å². The molecule has 6 nitrogen and oxygen atoms in total. The lowest BCUT2D eigenvalue weighted by Gasteiger charge is -2.30. The molecule has 7 heteroatoms. The third kappa shape index (κ3) is 6.29. The Bertz CT molecular complexity index is 572. The molecule has 0 aromatic carbocycles. The van der Waals surface area contributed by atoms with Crippen LogP contribution in [0.15, 0.2) is 22.5 Å². The Morgan fingerprint density at radius 1 is 1.42 bits per heavy atom. The standard InChI is InChI=1S/C19H33N5OS/c1-5-24-12-6-8-16(24)15-23(4)19(21-14-18(25)22(2)3)20-11-10-17-9-7-13-26-17/h7,9,13,16H,5-6,8,10-12,14-15H2,1-4H3,(H,20,21). The molecule has 0 bridgehead atoms. The topological polar surface area (TPSA) is 51.2 Å². The van der Waals surface area contributed by atoms with Crippen LogP contribution >= 0.6 is 11.3 Å². The number of amides is 1. The van der Waals surface area contributed by atoms with Gasteiger partial charge in [-0.15, -0.1) is 11.3 Å². The van der Waals surface area contributed by atoms with Crippen LogP contribution in [0.1, 0.15) is 24.6 Å². The van der Waals surface area contributed by atoms with E-state index in [9.17, 15) is 4.79 Å². The second-order valence-corrected chi connectivity index (χ2v) is 8.02. The lowest BCUT2D eigenvalue weighted by Crippen LogP contribution is -2.46. The maximum absolute atomic E-state index is 11.9. The molecule has 1 N–H and O–H groups in total. The average Bonchev–Trinajstić information content (AvgIpc) is 3.28. The second kappa shape index (κ2) is 10.5. The molecular weight excluding hydrogens is 346 g/mol. The maximum Gasteiger partial charge on any atom is 0.243 e. The quantitative estimate of drug-likeness (QED) is 0.552. The zero-order valence-electron chi connectivity index (χ0n) is 16.6. The fourth-order valence-corrected chi connectivity index (χ4v) is 3.98. The minimum Gasteiger partial charge on any atom is -0.356 e. The van der Waals surface area contributed by atoms with Crippen LogP contribution in [0.5, 0.6) is 0 Å². The number of thiophene rings is 1. The minimum atomic E-state index is 0.0204. The number of rotatable bonds is 8. The molecule has 2 heterocycles. The molecule has 0 aliphatic carbocycles. The normalized spacial score (nSPS) is 18.2. The van der Waals surface area contributed by atoms with E-state index in [1.165, 1.54) is 24.3 Å². The van der Waals surface area contributed by atoms with Gasteiger partial charge in [0.1, 0.15) is 6.54 Å². The molecule has 1 amide bonds. The van der Waals surface area contributed by atoms with Gasteiger partial charge in [0.25, 0.3) is 0 Å². The summed E-state index contributed by atoms with van der Waals surface area (Å²) in [5.41, 5.74) is 0. The molecule has 2 rings (SSSR count). The zero-order chi connectivity index (χ0) is 18.9. The minimum absolute atomic E-state index is 0.0204. The van der Waals surface area contributed by atoms with Gasteiger partial charge >= 0.3 is 0 Å². The molecule has 146 valence electrons. The monoisotopic (exact) mass is 379 g/mol. The first-order chi connectivity index (χ1) is 12.5. The molecule has 1 atom stereocenters. The predicted octanol–water partition coefficient (Wildman–Crippen LogP) is 1.74. The van der Waals surface area contributed by atoms with E-state index in [2.05, 4.69) is 51.6 Å². The van der Waals surface area contributed by atoms with Crippen LogP contribution < -0.4 is 5.32 Å². The first-order valence-electron chi connectivity index (χ1n) is 9.47. The number of likely N-dealkylation sites (tertiary alicyclic amines) is 1. The number of likely N-dealkylation sites (N-methyl/N-ethyl adjacent to an activating group) is 3. The summed E-state index contributed by atoms with van der Waals surface area (Å²) in [6, 6.07) is 4.80.